The summed E-state index contributed by atoms with van der Waals surface area (Å²) < 4.78 is 23.9. The summed E-state index contributed by atoms with van der Waals surface area (Å²) in [4.78, 5) is 28.9. The van der Waals surface area contributed by atoms with Gasteiger partial charge in [-0.2, -0.15) is 0 Å². The first kappa shape index (κ1) is 28.8. The number of phenolic OH excluding ortho intramolecular Hbond substituents is 1. The second-order valence-corrected chi connectivity index (χ2v) is 11.1. The molecule has 0 bridgehead atoms. The predicted molar refractivity (Wildman–Crippen MR) is 165 cm³/mol. The highest BCUT2D eigenvalue weighted by atomic mass is 16.6. The van der Waals surface area contributed by atoms with Crippen LogP contribution in [-0.4, -0.2) is 31.0 Å². The number of nitrogens with zero attached hydrogens (tertiary/aromatic N) is 1. The zero-order valence-electron chi connectivity index (χ0n) is 25.0. The van der Waals surface area contributed by atoms with E-state index in [-0.39, 0.29) is 39.2 Å². The highest BCUT2D eigenvalue weighted by molar-refractivity contribution is 6.00. The maximum Gasteiger partial charge on any atom is 0.419 e. The predicted octanol–water partition coefficient (Wildman–Crippen LogP) is 7.55. The van der Waals surface area contributed by atoms with Crippen LogP contribution in [0.15, 0.2) is 63.3 Å². The molecule has 0 aliphatic carbocycles. The lowest BCUT2D eigenvalue weighted by Crippen LogP contribution is -2.30. The fourth-order valence-electron chi connectivity index (χ4n) is 5.22. The van der Waals surface area contributed by atoms with Gasteiger partial charge < -0.3 is 23.7 Å². The number of hydrogen-bond donors (Lipinski definition) is 1. The molecule has 0 fully saturated rings. The van der Waals surface area contributed by atoms with Gasteiger partial charge >= 0.3 is 6.09 Å². The van der Waals surface area contributed by atoms with Gasteiger partial charge in [0.1, 0.15) is 33.7 Å². The Hall–Kier alpha value is -4.72. The number of carbonyl (C=O) groups excluding carboxylic acids is 1. The van der Waals surface area contributed by atoms with Gasteiger partial charge in [0.25, 0.3) is 0 Å². The number of methoxy groups -OCH3 is 1. The maximum absolute atomic E-state index is 14.1. The third-order valence-electron chi connectivity index (χ3n) is 7.40. The van der Waals surface area contributed by atoms with Crippen LogP contribution in [0.2, 0.25) is 0 Å². The third kappa shape index (κ3) is 5.09. The molecule has 0 radical (unpaired) electrons. The first-order valence-corrected chi connectivity index (χ1v) is 13.9. The second-order valence-electron chi connectivity index (χ2n) is 11.1. The largest absolute Gasteiger partial charge is 0.506 e. The molecular formula is C34H35NO7. The van der Waals surface area contributed by atoms with Crippen LogP contribution in [0.1, 0.15) is 51.3 Å². The quantitative estimate of drug-likeness (QED) is 0.189. The highest BCUT2D eigenvalue weighted by Crippen LogP contribution is 2.44. The number of aryl methyl sites for hydroxylation is 1. The summed E-state index contributed by atoms with van der Waals surface area (Å²) in [6.45, 7) is 9.69. The molecular weight excluding hydrogens is 534 g/mol. The smallest absolute Gasteiger partial charge is 0.419 e. The maximum atomic E-state index is 14.1. The molecule has 1 N–H and O–H groups in total. The summed E-state index contributed by atoms with van der Waals surface area (Å²) in [5.74, 6) is 0.525. The van der Waals surface area contributed by atoms with Crippen molar-refractivity contribution in [3.8, 4) is 23.0 Å². The Kier molecular flexibility index (Phi) is 7.49. The molecule has 42 heavy (non-hydrogen) atoms. The zero-order valence-corrected chi connectivity index (χ0v) is 25.0. The SMILES string of the molecule is CCc1ccccc1N(C)C(=O)Oc1cc2oc3cc4c(c(O)c3c(=O)c2c(CC=C(C)C)c1OC)C=CC(C)(C)O4. The molecule has 2 heterocycles. The number of para-hydroxylation sites is 1. The van der Waals surface area contributed by atoms with Gasteiger partial charge in [-0.25, -0.2) is 4.79 Å². The van der Waals surface area contributed by atoms with E-state index < -0.39 is 17.1 Å². The molecule has 1 aliphatic heterocycles. The lowest BCUT2D eigenvalue weighted by atomic mass is 9.97. The van der Waals surface area contributed by atoms with E-state index in [1.165, 1.54) is 18.1 Å². The molecule has 4 aromatic rings. The van der Waals surface area contributed by atoms with E-state index in [0.29, 0.717) is 23.3 Å². The lowest BCUT2D eigenvalue weighted by molar-refractivity contribution is 0.158. The number of amides is 1. The normalized spacial score (nSPS) is 13.4. The molecule has 8 heteroatoms. The number of phenols is 1. The fraction of sp³-hybridized carbons (Fsp3) is 0.294. The van der Waals surface area contributed by atoms with Gasteiger partial charge in [-0.15, -0.1) is 0 Å². The van der Waals surface area contributed by atoms with Crippen molar-refractivity contribution < 1.29 is 28.5 Å². The van der Waals surface area contributed by atoms with E-state index in [1.54, 1.807) is 19.2 Å². The van der Waals surface area contributed by atoms with Crippen LogP contribution in [0, 0.1) is 0 Å². The minimum atomic E-state index is -0.626. The summed E-state index contributed by atoms with van der Waals surface area (Å²) in [6, 6.07) is 10.7. The first-order chi connectivity index (χ1) is 20.0. The van der Waals surface area contributed by atoms with Gasteiger partial charge in [0.2, 0.25) is 5.43 Å². The fourth-order valence-corrected chi connectivity index (χ4v) is 5.22. The van der Waals surface area contributed by atoms with Crippen molar-refractivity contribution in [3.05, 3.63) is 81.0 Å². The monoisotopic (exact) mass is 569 g/mol. The van der Waals surface area contributed by atoms with E-state index in [1.807, 2.05) is 71.0 Å². The van der Waals surface area contributed by atoms with E-state index in [0.717, 1.165) is 23.2 Å². The van der Waals surface area contributed by atoms with E-state index in [9.17, 15) is 14.7 Å². The Morgan fingerprint density at radius 1 is 1.12 bits per heavy atom. The number of anilines is 1. The Morgan fingerprint density at radius 3 is 2.52 bits per heavy atom. The molecule has 1 aliphatic rings. The Labute approximate surface area is 244 Å². The van der Waals surface area contributed by atoms with Gasteiger partial charge in [-0.05, 0) is 64.3 Å². The van der Waals surface area contributed by atoms with Gasteiger partial charge in [-0.1, -0.05) is 36.8 Å². The molecule has 8 nitrogen and oxygen atoms in total. The van der Waals surface area contributed by atoms with Crippen LogP contribution in [0.3, 0.4) is 0 Å². The zero-order chi connectivity index (χ0) is 30.3. The summed E-state index contributed by atoms with van der Waals surface area (Å²) in [7, 11) is 3.10. The number of rotatable bonds is 6. The Bertz CT molecular complexity index is 1840. The number of aromatic hydroxyl groups is 1. The number of carbonyl (C=O) groups is 1. The van der Waals surface area contributed by atoms with Crippen LogP contribution in [0.25, 0.3) is 28.0 Å². The Balaban J connectivity index is 1.73. The van der Waals surface area contributed by atoms with Crippen molar-refractivity contribution in [1.29, 1.82) is 0 Å². The van der Waals surface area contributed by atoms with Crippen LogP contribution >= 0.6 is 0 Å². The molecule has 0 unspecified atom stereocenters. The van der Waals surface area contributed by atoms with E-state index >= 15 is 0 Å². The summed E-state index contributed by atoms with van der Waals surface area (Å²) in [5.41, 5.74) is 2.95. The average Bonchev–Trinajstić information content (AvgIpc) is 2.94. The number of allylic oxidation sites excluding steroid dienone is 2. The van der Waals surface area contributed by atoms with Crippen LogP contribution < -0.4 is 24.5 Å². The molecule has 5 rings (SSSR count). The molecule has 3 aromatic carbocycles. The molecule has 0 saturated heterocycles. The highest BCUT2D eigenvalue weighted by Gasteiger charge is 2.29. The van der Waals surface area contributed by atoms with Crippen molar-refractivity contribution in [1.82, 2.24) is 0 Å². The molecule has 1 amide bonds. The second kappa shape index (κ2) is 10.9. The van der Waals surface area contributed by atoms with E-state index in [2.05, 4.69) is 0 Å². The molecule has 0 atom stereocenters. The first-order valence-electron chi connectivity index (χ1n) is 13.9. The molecule has 218 valence electrons. The average molecular weight is 570 g/mol. The minimum Gasteiger partial charge on any atom is -0.506 e. The summed E-state index contributed by atoms with van der Waals surface area (Å²) >= 11 is 0. The van der Waals surface area contributed by atoms with Gasteiger partial charge in [0, 0.05) is 30.4 Å². The number of hydrogen-bond acceptors (Lipinski definition) is 7. The molecule has 1 aromatic heterocycles. The van der Waals surface area contributed by atoms with Crippen molar-refractivity contribution in [2.45, 2.75) is 53.1 Å². The number of fused-ring (bicyclic) bond motifs is 3. The van der Waals surface area contributed by atoms with Gasteiger partial charge in [0.15, 0.2) is 11.5 Å². The van der Waals surface area contributed by atoms with Crippen LogP contribution in [0.4, 0.5) is 10.5 Å². The van der Waals surface area contributed by atoms with Gasteiger partial charge in [-0.3, -0.25) is 9.69 Å². The third-order valence-corrected chi connectivity index (χ3v) is 7.40. The van der Waals surface area contributed by atoms with Crippen molar-refractivity contribution in [2.24, 2.45) is 0 Å². The molecule has 0 saturated carbocycles. The lowest BCUT2D eigenvalue weighted by Gasteiger charge is -2.28. The standard InChI is InChI=1S/C34H35NO7/c1-8-20-11-9-10-12-23(20)35(6)33(38)41-27-18-25-28(22(32(27)39-7)14-13-19(2)3)31(37)29-26(40-25)17-24-21(30(29)36)15-16-34(4,5)42-24/h9-13,15-18,36H,8,14H2,1-7H3. The number of ether oxygens (including phenoxy) is 3. The summed E-state index contributed by atoms with van der Waals surface area (Å²) in [6.07, 6.45) is 5.94. The minimum absolute atomic E-state index is 0.0374. The van der Waals surface area contributed by atoms with Crippen LogP contribution in [-0.2, 0) is 12.8 Å². The Morgan fingerprint density at radius 2 is 1.83 bits per heavy atom. The van der Waals surface area contributed by atoms with Crippen molar-refractivity contribution in [3.63, 3.8) is 0 Å². The van der Waals surface area contributed by atoms with Gasteiger partial charge in [0.05, 0.1) is 18.1 Å². The topological polar surface area (TPSA) is 98.4 Å². The summed E-state index contributed by atoms with van der Waals surface area (Å²) in [5, 5.41) is 11.5. The molecule has 0 spiro atoms. The number of benzene rings is 3. The van der Waals surface area contributed by atoms with Crippen LogP contribution in [0.5, 0.6) is 23.0 Å². The van der Waals surface area contributed by atoms with E-state index in [4.69, 9.17) is 18.6 Å². The van der Waals surface area contributed by atoms with Crippen molar-refractivity contribution in [2.75, 3.05) is 19.1 Å². The van der Waals surface area contributed by atoms with Crippen molar-refractivity contribution >= 4 is 39.8 Å².